The highest BCUT2D eigenvalue weighted by Gasteiger charge is 2.25. The zero-order valence-corrected chi connectivity index (χ0v) is 16.3. The second kappa shape index (κ2) is 8.99. The molecule has 0 radical (unpaired) electrons. The summed E-state index contributed by atoms with van der Waals surface area (Å²) in [5, 5.41) is 6.94. The van der Waals surface area contributed by atoms with Gasteiger partial charge in [0.05, 0.1) is 12.2 Å². The molecule has 3 rings (SSSR count). The zero-order chi connectivity index (χ0) is 20.1. The highest BCUT2D eigenvalue weighted by Crippen LogP contribution is 2.19. The summed E-state index contributed by atoms with van der Waals surface area (Å²) in [5.74, 6) is 0.404. The van der Waals surface area contributed by atoms with Crippen LogP contribution in [0.1, 0.15) is 48.3 Å². The van der Waals surface area contributed by atoms with Gasteiger partial charge in [-0.3, -0.25) is 9.59 Å². The molecule has 0 aliphatic carbocycles. The largest absolute Gasteiger partial charge is 0.361 e. The monoisotopic (exact) mass is 387 g/mol. The second-order valence-electron chi connectivity index (χ2n) is 7.30. The Balaban J connectivity index is 1.51. The second-order valence-corrected chi connectivity index (χ2v) is 7.30. The number of aromatic nitrogens is 1. The van der Waals surface area contributed by atoms with Crippen molar-refractivity contribution in [2.75, 3.05) is 6.54 Å². The van der Waals surface area contributed by atoms with Crippen LogP contribution in [0.25, 0.3) is 0 Å². The number of nitrogens with one attached hydrogen (secondary N) is 1. The van der Waals surface area contributed by atoms with E-state index in [1.165, 1.54) is 6.07 Å². The smallest absolute Gasteiger partial charge is 0.222 e. The van der Waals surface area contributed by atoms with E-state index in [0.717, 1.165) is 17.0 Å². The van der Waals surface area contributed by atoms with Crippen LogP contribution in [0.2, 0.25) is 0 Å². The number of hydrogen-bond donors (Lipinski definition) is 1. The number of likely N-dealkylation sites (tertiary alicyclic amines) is 1. The summed E-state index contributed by atoms with van der Waals surface area (Å²) in [4.78, 5) is 26.5. The van der Waals surface area contributed by atoms with Crippen LogP contribution in [-0.4, -0.2) is 34.5 Å². The summed E-state index contributed by atoms with van der Waals surface area (Å²) in [6.45, 7) is 4.76. The Bertz CT molecular complexity index is 830. The van der Waals surface area contributed by atoms with Gasteiger partial charge in [-0.25, -0.2) is 4.39 Å². The van der Waals surface area contributed by atoms with Gasteiger partial charge in [0.25, 0.3) is 0 Å². The average molecular weight is 387 g/mol. The number of halogens is 1. The molecule has 0 saturated carbocycles. The molecule has 2 heterocycles. The van der Waals surface area contributed by atoms with E-state index in [9.17, 15) is 14.0 Å². The topological polar surface area (TPSA) is 75.4 Å². The SMILES string of the molecule is Cc1noc(C)c1CN1CCC(NC(=O)CCc2ccccc2F)CCC1=O. The molecule has 0 bridgehead atoms. The Morgan fingerprint density at radius 1 is 1.32 bits per heavy atom. The van der Waals surface area contributed by atoms with Crippen LogP contribution in [0.15, 0.2) is 28.8 Å². The third kappa shape index (κ3) is 4.97. The molecule has 2 amide bonds. The first-order valence-electron chi connectivity index (χ1n) is 9.66. The summed E-state index contributed by atoms with van der Waals surface area (Å²) < 4.78 is 18.8. The lowest BCUT2D eigenvalue weighted by atomic mass is 10.1. The highest BCUT2D eigenvalue weighted by atomic mass is 19.1. The minimum Gasteiger partial charge on any atom is -0.361 e. The fourth-order valence-electron chi connectivity index (χ4n) is 3.52. The minimum atomic E-state index is -0.287. The first-order chi connectivity index (χ1) is 13.4. The summed E-state index contributed by atoms with van der Waals surface area (Å²) >= 11 is 0. The molecule has 6 nitrogen and oxygen atoms in total. The van der Waals surface area contributed by atoms with Crippen LogP contribution >= 0.6 is 0 Å². The molecule has 1 aliphatic rings. The van der Waals surface area contributed by atoms with Crippen molar-refractivity contribution in [2.24, 2.45) is 0 Å². The van der Waals surface area contributed by atoms with Gasteiger partial charge in [-0.15, -0.1) is 0 Å². The van der Waals surface area contributed by atoms with Crippen molar-refractivity contribution in [3.8, 4) is 0 Å². The van der Waals surface area contributed by atoms with Crippen molar-refractivity contribution >= 4 is 11.8 Å². The minimum absolute atomic E-state index is 0.0493. The predicted octanol–water partition coefficient (Wildman–Crippen LogP) is 3.06. The number of amides is 2. The van der Waals surface area contributed by atoms with E-state index in [4.69, 9.17) is 4.52 Å². The van der Waals surface area contributed by atoms with Crippen LogP contribution in [-0.2, 0) is 22.6 Å². The fraction of sp³-hybridized carbons (Fsp3) is 0.476. The molecule has 1 aromatic heterocycles. The molecule has 150 valence electrons. The average Bonchev–Trinajstić information content (AvgIpc) is 2.88. The molecule has 1 saturated heterocycles. The van der Waals surface area contributed by atoms with Crippen molar-refractivity contribution < 1.29 is 18.5 Å². The van der Waals surface area contributed by atoms with E-state index >= 15 is 0 Å². The molecule has 7 heteroatoms. The van der Waals surface area contributed by atoms with E-state index in [1.54, 1.807) is 23.1 Å². The number of hydrogen-bond acceptors (Lipinski definition) is 4. The summed E-state index contributed by atoms with van der Waals surface area (Å²) in [6, 6.07) is 6.44. The van der Waals surface area contributed by atoms with E-state index in [1.807, 2.05) is 13.8 Å². The fourth-order valence-corrected chi connectivity index (χ4v) is 3.52. The molecule has 1 fully saturated rings. The van der Waals surface area contributed by atoms with Crippen molar-refractivity contribution in [1.29, 1.82) is 0 Å². The van der Waals surface area contributed by atoms with Crippen LogP contribution in [0.4, 0.5) is 4.39 Å². The Hall–Kier alpha value is -2.70. The van der Waals surface area contributed by atoms with Gasteiger partial charge in [0.1, 0.15) is 11.6 Å². The van der Waals surface area contributed by atoms with Crippen molar-refractivity contribution in [3.05, 3.63) is 52.7 Å². The molecule has 1 N–H and O–H groups in total. The van der Waals surface area contributed by atoms with Crippen molar-refractivity contribution in [2.45, 2.75) is 58.5 Å². The maximum absolute atomic E-state index is 13.7. The number of aryl methyl sites for hydroxylation is 3. The van der Waals surface area contributed by atoms with Crippen molar-refractivity contribution in [3.63, 3.8) is 0 Å². The van der Waals surface area contributed by atoms with Crippen molar-refractivity contribution in [1.82, 2.24) is 15.4 Å². The van der Waals surface area contributed by atoms with Gasteiger partial charge in [-0.1, -0.05) is 23.4 Å². The molecule has 1 unspecified atom stereocenters. The Morgan fingerprint density at radius 2 is 2.11 bits per heavy atom. The zero-order valence-electron chi connectivity index (χ0n) is 16.3. The molecule has 1 aromatic carbocycles. The maximum Gasteiger partial charge on any atom is 0.222 e. The summed E-state index contributed by atoms with van der Waals surface area (Å²) in [5.41, 5.74) is 2.28. The summed E-state index contributed by atoms with van der Waals surface area (Å²) in [7, 11) is 0. The molecule has 28 heavy (non-hydrogen) atoms. The molecule has 2 aromatic rings. The van der Waals surface area contributed by atoms with E-state index in [-0.39, 0.29) is 30.1 Å². The van der Waals surface area contributed by atoms with Gasteiger partial charge in [0.15, 0.2) is 0 Å². The van der Waals surface area contributed by atoms with E-state index in [2.05, 4.69) is 10.5 Å². The number of benzene rings is 1. The van der Waals surface area contributed by atoms with Gasteiger partial charge in [0.2, 0.25) is 11.8 Å². The predicted molar refractivity (Wildman–Crippen MR) is 102 cm³/mol. The van der Waals surface area contributed by atoms with Crippen LogP contribution in [0, 0.1) is 19.7 Å². The normalized spacial score (nSPS) is 17.5. The first kappa shape index (κ1) is 20.0. The van der Waals surface area contributed by atoms with Gasteiger partial charge in [-0.2, -0.15) is 0 Å². The van der Waals surface area contributed by atoms with Gasteiger partial charge in [0, 0.05) is 31.0 Å². The lowest BCUT2D eigenvalue weighted by Crippen LogP contribution is -2.36. The van der Waals surface area contributed by atoms with Crippen LogP contribution in [0.5, 0.6) is 0 Å². The number of rotatable bonds is 6. The molecule has 1 aliphatic heterocycles. The van der Waals surface area contributed by atoms with Crippen LogP contribution < -0.4 is 5.32 Å². The van der Waals surface area contributed by atoms with E-state index < -0.39 is 0 Å². The molecule has 1 atom stereocenters. The van der Waals surface area contributed by atoms with E-state index in [0.29, 0.717) is 44.3 Å². The molecular formula is C21H26FN3O3. The molecular weight excluding hydrogens is 361 g/mol. The lowest BCUT2D eigenvalue weighted by Gasteiger charge is -2.21. The van der Waals surface area contributed by atoms with Crippen LogP contribution in [0.3, 0.4) is 0 Å². The third-order valence-electron chi connectivity index (χ3n) is 5.28. The maximum atomic E-state index is 13.7. The van der Waals surface area contributed by atoms with Gasteiger partial charge < -0.3 is 14.7 Å². The van der Waals surface area contributed by atoms with Gasteiger partial charge in [-0.05, 0) is 44.7 Å². The molecule has 0 spiro atoms. The Kier molecular flexibility index (Phi) is 6.44. The van der Waals surface area contributed by atoms with Gasteiger partial charge >= 0.3 is 0 Å². The highest BCUT2D eigenvalue weighted by molar-refractivity contribution is 5.78. The lowest BCUT2D eigenvalue weighted by molar-refractivity contribution is -0.131. The Morgan fingerprint density at radius 3 is 2.82 bits per heavy atom. The Labute approximate surface area is 164 Å². The number of carbonyl (C=O) groups excluding carboxylic acids is 2. The quantitative estimate of drug-likeness (QED) is 0.827. The summed E-state index contributed by atoms with van der Waals surface area (Å²) in [6.07, 6.45) is 2.29. The number of carbonyl (C=O) groups is 2. The standard InChI is InChI=1S/C21H26FN3O3/c1-14-18(15(2)28-24-14)13-25-12-11-17(8-10-21(25)27)23-20(26)9-7-16-5-3-4-6-19(16)22/h3-6,17H,7-13H2,1-2H3,(H,23,26). The third-order valence-corrected chi connectivity index (χ3v) is 5.28. The number of nitrogens with zero attached hydrogens (tertiary/aromatic N) is 2. The first-order valence-corrected chi connectivity index (χ1v) is 9.66.